The Balaban J connectivity index is 2.44. The molecule has 0 saturated carbocycles. The SMILES string of the molecule is Clc1ccc(C(Br)c2ccccc2I)c(Cl)c1. The molecule has 0 amide bonds. The van der Waals surface area contributed by atoms with E-state index in [9.17, 15) is 0 Å². The molecule has 0 saturated heterocycles. The van der Waals surface area contributed by atoms with Crippen LogP contribution in [0.1, 0.15) is 16.0 Å². The van der Waals surface area contributed by atoms with Crippen molar-refractivity contribution in [3.63, 3.8) is 0 Å². The number of hydrogen-bond acceptors (Lipinski definition) is 0. The van der Waals surface area contributed by atoms with Crippen molar-refractivity contribution in [1.82, 2.24) is 0 Å². The average molecular weight is 442 g/mol. The van der Waals surface area contributed by atoms with E-state index in [-0.39, 0.29) is 4.83 Å². The van der Waals surface area contributed by atoms with Crippen molar-refractivity contribution in [3.05, 3.63) is 67.2 Å². The summed E-state index contributed by atoms with van der Waals surface area (Å²) in [5.74, 6) is 0. The second-order valence-corrected chi connectivity index (χ2v) is 6.47. The molecule has 0 nitrogen and oxygen atoms in total. The molecule has 0 radical (unpaired) electrons. The van der Waals surface area contributed by atoms with Gasteiger partial charge < -0.3 is 0 Å². The number of rotatable bonds is 2. The Morgan fingerprint density at radius 3 is 2.35 bits per heavy atom. The van der Waals surface area contributed by atoms with E-state index >= 15 is 0 Å². The lowest BCUT2D eigenvalue weighted by Gasteiger charge is -2.14. The Bertz CT molecular complexity index is 543. The average Bonchev–Trinajstić information content (AvgIpc) is 2.29. The highest BCUT2D eigenvalue weighted by Gasteiger charge is 2.15. The Morgan fingerprint density at radius 1 is 1.00 bits per heavy atom. The van der Waals surface area contributed by atoms with E-state index in [0.717, 1.165) is 5.56 Å². The quantitative estimate of drug-likeness (QED) is 0.391. The summed E-state index contributed by atoms with van der Waals surface area (Å²) < 4.78 is 1.21. The van der Waals surface area contributed by atoms with Crippen molar-refractivity contribution < 1.29 is 0 Å². The summed E-state index contributed by atoms with van der Waals surface area (Å²) in [6.45, 7) is 0. The molecule has 1 unspecified atom stereocenters. The van der Waals surface area contributed by atoms with Gasteiger partial charge in [-0.05, 0) is 51.9 Å². The maximum atomic E-state index is 6.21. The van der Waals surface area contributed by atoms with Crippen LogP contribution < -0.4 is 0 Å². The molecule has 0 bridgehead atoms. The Labute approximate surface area is 133 Å². The third kappa shape index (κ3) is 3.16. The van der Waals surface area contributed by atoms with Crippen LogP contribution in [0.3, 0.4) is 0 Å². The van der Waals surface area contributed by atoms with Gasteiger partial charge in [0.15, 0.2) is 0 Å². The molecule has 0 N–H and O–H groups in total. The summed E-state index contributed by atoms with van der Waals surface area (Å²) in [5.41, 5.74) is 2.23. The molecule has 0 aromatic heterocycles. The Morgan fingerprint density at radius 2 is 1.71 bits per heavy atom. The molecule has 17 heavy (non-hydrogen) atoms. The third-order valence-electron chi connectivity index (χ3n) is 2.41. The zero-order valence-corrected chi connectivity index (χ0v) is 13.9. The van der Waals surface area contributed by atoms with Crippen LogP contribution in [0.5, 0.6) is 0 Å². The van der Waals surface area contributed by atoms with Crippen LogP contribution in [-0.2, 0) is 0 Å². The monoisotopic (exact) mass is 440 g/mol. The molecule has 0 heterocycles. The van der Waals surface area contributed by atoms with Gasteiger partial charge in [-0.2, -0.15) is 0 Å². The summed E-state index contributed by atoms with van der Waals surface area (Å²) in [7, 11) is 0. The van der Waals surface area contributed by atoms with Crippen molar-refractivity contribution in [1.29, 1.82) is 0 Å². The highest BCUT2D eigenvalue weighted by molar-refractivity contribution is 14.1. The second-order valence-electron chi connectivity index (χ2n) is 3.55. The third-order valence-corrected chi connectivity index (χ3v) is 4.95. The van der Waals surface area contributed by atoms with Gasteiger partial charge in [-0.1, -0.05) is 63.4 Å². The van der Waals surface area contributed by atoms with Crippen molar-refractivity contribution in [3.8, 4) is 0 Å². The van der Waals surface area contributed by atoms with E-state index in [0.29, 0.717) is 10.0 Å². The lowest BCUT2D eigenvalue weighted by Crippen LogP contribution is -1.96. The smallest absolute Gasteiger partial charge is 0.0669 e. The van der Waals surface area contributed by atoms with E-state index < -0.39 is 0 Å². The Hall–Kier alpha value is 0.230. The van der Waals surface area contributed by atoms with Crippen molar-refractivity contribution in [2.45, 2.75) is 4.83 Å². The lowest BCUT2D eigenvalue weighted by atomic mass is 10.1. The van der Waals surface area contributed by atoms with Gasteiger partial charge in [0.2, 0.25) is 0 Å². The molecule has 4 heteroatoms. The van der Waals surface area contributed by atoms with E-state index in [1.54, 1.807) is 6.07 Å². The van der Waals surface area contributed by atoms with Gasteiger partial charge in [0.25, 0.3) is 0 Å². The molecule has 0 aliphatic rings. The molecule has 0 fully saturated rings. The first-order valence-electron chi connectivity index (χ1n) is 4.93. The first kappa shape index (κ1) is 13.7. The van der Waals surface area contributed by atoms with E-state index in [2.05, 4.69) is 50.7 Å². The van der Waals surface area contributed by atoms with Crippen LogP contribution in [0, 0.1) is 3.57 Å². The van der Waals surface area contributed by atoms with Crippen LogP contribution in [0.2, 0.25) is 10.0 Å². The molecule has 2 aromatic rings. The molecule has 1 atom stereocenters. The normalized spacial score (nSPS) is 12.5. The van der Waals surface area contributed by atoms with Crippen molar-refractivity contribution in [2.24, 2.45) is 0 Å². The number of halogens is 4. The first-order valence-corrected chi connectivity index (χ1v) is 7.68. The first-order chi connectivity index (χ1) is 8.09. The predicted molar refractivity (Wildman–Crippen MR) is 86.4 cm³/mol. The summed E-state index contributed by atoms with van der Waals surface area (Å²) in [6.07, 6.45) is 0. The minimum atomic E-state index is 0.0837. The van der Waals surface area contributed by atoms with Crippen LogP contribution in [0.15, 0.2) is 42.5 Å². The van der Waals surface area contributed by atoms with Crippen LogP contribution in [0.25, 0.3) is 0 Å². The molecule has 88 valence electrons. The van der Waals surface area contributed by atoms with Crippen molar-refractivity contribution >= 4 is 61.7 Å². The van der Waals surface area contributed by atoms with E-state index in [1.807, 2.05) is 24.3 Å². The minimum absolute atomic E-state index is 0.0837. The molecule has 0 spiro atoms. The topological polar surface area (TPSA) is 0 Å². The number of hydrogen-bond donors (Lipinski definition) is 0. The highest BCUT2D eigenvalue weighted by Crippen LogP contribution is 2.37. The van der Waals surface area contributed by atoms with Crippen LogP contribution in [0.4, 0.5) is 0 Å². The molecule has 0 aliphatic heterocycles. The van der Waals surface area contributed by atoms with Gasteiger partial charge in [0, 0.05) is 13.6 Å². The van der Waals surface area contributed by atoms with Gasteiger partial charge in [-0.15, -0.1) is 0 Å². The molecular formula is C13H8BrCl2I. The van der Waals surface area contributed by atoms with Gasteiger partial charge in [-0.3, -0.25) is 0 Å². The van der Waals surface area contributed by atoms with Crippen LogP contribution in [-0.4, -0.2) is 0 Å². The van der Waals surface area contributed by atoms with Gasteiger partial charge >= 0.3 is 0 Å². The van der Waals surface area contributed by atoms with Gasteiger partial charge in [-0.25, -0.2) is 0 Å². The fourth-order valence-electron chi connectivity index (χ4n) is 1.56. The summed E-state index contributed by atoms with van der Waals surface area (Å²) in [6, 6.07) is 13.8. The van der Waals surface area contributed by atoms with E-state index in [4.69, 9.17) is 23.2 Å². The zero-order chi connectivity index (χ0) is 12.4. The second kappa shape index (κ2) is 5.91. The summed E-state index contributed by atoms with van der Waals surface area (Å²) >= 11 is 18.1. The maximum Gasteiger partial charge on any atom is 0.0669 e. The number of alkyl halides is 1. The van der Waals surface area contributed by atoms with Gasteiger partial charge in [0.05, 0.1) is 4.83 Å². The molecule has 2 aromatic carbocycles. The van der Waals surface area contributed by atoms with Gasteiger partial charge in [0.1, 0.15) is 0 Å². The standard InChI is InChI=1S/C13H8BrCl2I/c14-13(10-3-1-2-4-12(10)17)9-6-5-8(15)7-11(9)16/h1-7,13H. The highest BCUT2D eigenvalue weighted by atomic mass is 127. The molecule has 2 rings (SSSR count). The summed E-state index contributed by atoms with van der Waals surface area (Å²) in [4.78, 5) is 0.0837. The number of benzene rings is 2. The van der Waals surface area contributed by atoms with Crippen LogP contribution >= 0.6 is 61.7 Å². The molecule has 0 aliphatic carbocycles. The Kier molecular flexibility index (Phi) is 4.75. The maximum absolute atomic E-state index is 6.21. The largest absolute Gasteiger partial charge is 0.0843 e. The van der Waals surface area contributed by atoms with Crippen molar-refractivity contribution in [2.75, 3.05) is 0 Å². The fraction of sp³-hybridized carbons (Fsp3) is 0.0769. The van der Waals surface area contributed by atoms with E-state index in [1.165, 1.54) is 9.13 Å². The zero-order valence-electron chi connectivity index (χ0n) is 8.63. The molecular weight excluding hydrogens is 434 g/mol. The summed E-state index contributed by atoms with van der Waals surface area (Å²) in [5, 5.41) is 1.33. The fourth-order valence-corrected chi connectivity index (χ4v) is 4.13. The minimum Gasteiger partial charge on any atom is -0.0843 e. The lowest BCUT2D eigenvalue weighted by molar-refractivity contribution is 1.16. The predicted octanol–water partition coefficient (Wildman–Crippen LogP) is 6.08.